The van der Waals surface area contributed by atoms with E-state index < -0.39 is 10.2 Å². The minimum atomic E-state index is -4.94. The van der Waals surface area contributed by atoms with Gasteiger partial charge in [-0.2, -0.15) is 5.26 Å². The highest BCUT2D eigenvalue weighted by Gasteiger charge is 2.10. The molecule has 94 valence electrons. The molecule has 0 aliphatic heterocycles. The average Bonchev–Trinajstić information content (AvgIpc) is 2.28. The largest absolute Gasteiger partial charge is 0.312 e. The second-order valence-electron chi connectivity index (χ2n) is 3.14. The third-order valence-corrected chi connectivity index (χ3v) is 1.99. The molecule has 0 radical (unpaired) electrons. The third kappa shape index (κ3) is 4.14. The smallest absolute Gasteiger partial charge is 0.222 e. The number of hydrogen-bond acceptors (Lipinski definition) is 6. The van der Waals surface area contributed by atoms with Gasteiger partial charge < -0.3 is 0 Å². The van der Waals surface area contributed by atoms with Crippen molar-refractivity contribution in [2.45, 2.75) is 0 Å². The van der Waals surface area contributed by atoms with Crippen molar-refractivity contribution in [3.63, 3.8) is 0 Å². The van der Waals surface area contributed by atoms with Crippen molar-refractivity contribution in [1.29, 1.82) is 5.26 Å². The summed E-state index contributed by atoms with van der Waals surface area (Å²) >= 11 is 0. The second-order valence-corrected chi connectivity index (χ2v) is 3.89. The summed E-state index contributed by atoms with van der Waals surface area (Å²) in [4.78, 5) is 0. The van der Waals surface area contributed by atoms with Gasteiger partial charge in [0.1, 0.15) is 0 Å². The number of halogens is 1. The maximum absolute atomic E-state index is 8.73. The summed E-state index contributed by atoms with van der Waals surface area (Å²) in [7, 11) is -4.94. The molecule has 0 aliphatic rings. The van der Waals surface area contributed by atoms with Crippen LogP contribution in [0.25, 0.3) is 10.9 Å². The number of nitrogen functional groups attached to an aromatic ring is 1. The van der Waals surface area contributed by atoms with Crippen LogP contribution in [0.3, 0.4) is 0 Å². The van der Waals surface area contributed by atoms with Crippen LogP contribution in [0.5, 0.6) is 0 Å². The molecule has 0 amide bonds. The summed E-state index contributed by atoms with van der Waals surface area (Å²) in [6, 6.07) is 13.3. The molecule has 1 aromatic heterocycles. The summed E-state index contributed by atoms with van der Waals surface area (Å²) < 4.78 is 35.4. The second kappa shape index (κ2) is 5.59. The first-order valence-electron chi connectivity index (χ1n) is 4.53. The van der Waals surface area contributed by atoms with E-state index in [2.05, 4.69) is 0 Å². The Bertz CT molecular complexity index is 586. The highest BCUT2D eigenvalue weighted by atomic mass is 35.7. The van der Waals surface area contributed by atoms with Crippen LogP contribution in [-0.4, -0.2) is 0 Å². The fourth-order valence-electron chi connectivity index (χ4n) is 1.32. The number of hydrogen-bond donors (Lipinski definition) is 1. The van der Waals surface area contributed by atoms with Gasteiger partial charge in [-0.3, -0.25) is 0 Å². The number of nitrogens with zero attached hydrogens (tertiary/aromatic N) is 2. The van der Waals surface area contributed by atoms with Gasteiger partial charge >= 0.3 is 5.69 Å². The van der Waals surface area contributed by atoms with E-state index in [0.717, 1.165) is 10.9 Å². The topological polar surface area (TPSA) is 146 Å². The van der Waals surface area contributed by atoms with Crippen molar-refractivity contribution in [3.05, 3.63) is 42.1 Å². The Hall–Kier alpha value is -1.95. The van der Waals surface area contributed by atoms with Crippen LogP contribution in [-0.2, 0) is 0 Å². The highest BCUT2D eigenvalue weighted by molar-refractivity contribution is 5.75. The van der Waals surface area contributed by atoms with Crippen LogP contribution in [0.4, 0.5) is 0 Å². The van der Waals surface area contributed by atoms with Crippen molar-refractivity contribution >= 4 is 10.9 Å². The molecule has 1 aromatic carbocycles. The minimum Gasteiger partial charge on any atom is -0.222 e. The van der Waals surface area contributed by atoms with Crippen LogP contribution < -0.4 is 29.2 Å². The Morgan fingerprint density at radius 3 is 2.17 bits per heavy atom. The zero-order valence-corrected chi connectivity index (χ0v) is 9.70. The van der Waals surface area contributed by atoms with Crippen LogP contribution >= 0.6 is 0 Å². The molecule has 0 saturated heterocycles. The Balaban J connectivity index is 0.000000280. The van der Waals surface area contributed by atoms with Gasteiger partial charge in [-0.25, -0.2) is 24.5 Å². The van der Waals surface area contributed by atoms with Gasteiger partial charge in [0.25, 0.3) is 0 Å². The number of nitrogens with two attached hydrogens (primary N) is 1. The lowest BCUT2D eigenvalue weighted by atomic mass is 10.2. The maximum atomic E-state index is 8.73. The minimum absolute atomic E-state index is 0.457. The molecule has 2 N–H and O–H groups in total. The van der Waals surface area contributed by atoms with E-state index in [1.54, 1.807) is 6.07 Å². The maximum Gasteiger partial charge on any atom is 0.312 e. The van der Waals surface area contributed by atoms with Crippen LogP contribution in [0, 0.1) is 21.6 Å². The molecule has 0 fully saturated rings. The molecular weight excluding hydrogens is 262 g/mol. The van der Waals surface area contributed by atoms with Gasteiger partial charge in [-0.05, 0) is 12.1 Å². The zero-order valence-electron chi connectivity index (χ0n) is 8.95. The van der Waals surface area contributed by atoms with Gasteiger partial charge in [0.05, 0.1) is 0 Å². The number of fused-ring (bicyclic) bond motifs is 1. The molecule has 7 nitrogen and oxygen atoms in total. The highest BCUT2D eigenvalue weighted by Crippen LogP contribution is 2.08. The van der Waals surface area contributed by atoms with Gasteiger partial charge in [0.2, 0.25) is 5.52 Å². The van der Waals surface area contributed by atoms with Gasteiger partial charge in [-0.15, -0.1) is 10.2 Å². The molecule has 0 atom stereocenters. The van der Waals surface area contributed by atoms with E-state index in [1.165, 1.54) is 4.68 Å². The number of rotatable bonds is 0. The van der Waals surface area contributed by atoms with Gasteiger partial charge in [0, 0.05) is 17.5 Å². The lowest BCUT2D eigenvalue weighted by Crippen LogP contribution is -2.68. The molecule has 0 saturated carbocycles. The Labute approximate surface area is 104 Å². The molecule has 0 aliphatic carbocycles. The lowest BCUT2D eigenvalue weighted by Gasteiger charge is -2.17. The van der Waals surface area contributed by atoms with E-state index in [-0.39, 0.29) is 0 Å². The monoisotopic (exact) mass is 269 g/mol. The average molecular weight is 270 g/mol. The van der Waals surface area contributed by atoms with E-state index in [1.807, 2.05) is 36.4 Å². The van der Waals surface area contributed by atoms with Gasteiger partial charge in [-0.1, -0.05) is 16.8 Å². The molecule has 1 heterocycles. The molecular formula is C10H8ClN3O4. The normalized spacial score (nSPS) is 10.4. The number of benzene rings is 1. The molecule has 0 unspecified atom stereocenters. The SMILES string of the molecule is N#Cc1ccc2ccccc2[n+]1N.[O-][Cl+3]([O-])([O-])[O-]. The standard InChI is InChI=1S/C10H8N3.ClHO4/c11-7-9-6-5-8-3-1-2-4-10(8)13(9)12;2-1(3,4)5/h1-6H,12H2;(H,2,3,4,5)/q+1;/p-1. The Morgan fingerprint density at radius 2 is 1.61 bits per heavy atom. The van der Waals surface area contributed by atoms with Crippen molar-refractivity contribution in [3.8, 4) is 6.07 Å². The third-order valence-electron chi connectivity index (χ3n) is 1.99. The summed E-state index contributed by atoms with van der Waals surface area (Å²) in [5.41, 5.74) is 1.32. The number of para-hydroxylation sites is 1. The fraction of sp³-hybridized carbons (Fsp3) is 0. The van der Waals surface area contributed by atoms with E-state index in [0.29, 0.717) is 5.69 Å². The Kier molecular flexibility index (Phi) is 4.38. The molecule has 2 aromatic rings. The van der Waals surface area contributed by atoms with Gasteiger partial charge in [0.15, 0.2) is 6.07 Å². The van der Waals surface area contributed by atoms with Crippen LogP contribution in [0.2, 0.25) is 0 Å². The molecule has 0 bridgehead atoms. The number of nitriles is 1. The molecule has 18 heavy (non-hydrogen) atoms. The first-order valence-corrected chi connectivity index (χ1v) is 5.77. The summed E-state index contributed by atoms with van der Waals surface area (Å²) in [5.74, 6) is 5.72. The Morgan fingerprint density at radius 1 is 1.06 bits per heavy atom. The first-order chi connectivity index (χ1) is 8.33. The fourth-order valence-corrected chi connectivity index (χ4v) is 1.32. The van der Waals surface area contributed by atoms with Crippen LogP contribution in [0.15, 0.2) is 36.4 Å². The summed E-state index contributed by atoms with van der Waals surface area (Å²) in [6.45, 7) is 0. The van der Waals surface area contributed by atoms with E-state index in [9.17, 15) is 0 Å². The zero-order chi connectivity index (χ0) is 13.8. The van der Waals surface area contributed by atoms with Crippen molar-refractivity contribution in [1.82, 2.24) is 0 Å². The molecule has 0 spiro atoms. The number of pyridine rings is 1. The van der Waals surface area contributed by atoms with Crippen LogP contribution in [0.1, 0.15) is 5.69 Å². The summed E-state index contributed by atoms with van der Waals surface area (Å²) in [5, 5.41) is 9.76. The predicted molar refractivity (Wildman–Crippen MR) is 49.0 cm³/mol. The number of aromatic nitrogens is 1. The summed E-state index contributed by atoms with van der Waals surface area (Å²) in [6.07, 6.45) is 0. The quantitative estimate of drug-likeness (QED) is 0.380. The first kappa shape index (κ1) is 14.1. The molecule has 8 heteroatoms. The van der Waals surface area contributed by atoms with E-state index >= 15 is 0 Å². The van der Waals surface area contributed by atoms with Crippen molar-refractivity contribution in [2.75, 3.05) is 5.84 Å². The van der Waals surface area contributed by atoms with E-state index in [4.69, 9.17) is 29.7 Å². The lowest BCUT2D eigenvalue weighted by molar-refractivity contribution is -2.00. The van der Waals surface area contributed by atoms with Crippen molar-refractivity contribution in [2.24, 2.45) is 0 Å². The predicted octanol–water partition coefficient (Wildman–Crippen LogP) is -4.04. The molecule has 2 rings (SSSR count). The van der Waals surface area contributed by atoms with Crippen molar-refractivity contribution < 1.29 is 33.6 Å².